The second-order valence-corrected chi connectivity index (χ2v) is 6.30. The monoisotopic (exact) mass is 300 g/mol. The van der Waals surface area contributed by atoms with E-state index in [0.717, 1.165) is 37.0 Å². The quantitative estimate of drug-likeness (QED) is 0.854. The Morgan fingerprint density at radius 1 is 1.27 bits per heavy atom. The van der Waals surface area contributed by atoms with Crippen LogP contribution in [-0.4, -0.2) is 59.1 Å². The SMILES string of the molecule is CCc1ccc2ncn(C[C@H]3CN(C)CCN3C)c(=O)c2c1. The molecule has 0 amide bonds. The molecule has 118 valence electrons. The van der Waals surface area contributed by atoms with Crippen LogP contribution in [0.3, 0.4) is 0 Å². The lowest BCUT2D eigenvalue weighted by Gasteiger charge is -2.37. The lowest BCUT2D eigenvalue weighted by atomic mass is 10.1. The molecule has 0 N–H and O–H groups in total. The second kappa shape index (κ2) is 6.18. The fraction of sp³-hybridized carbons (Fsp3) is 0.529. The van der Waals surface area contributed by atoms with Gasteiger partial charge in [0.1, 0.15) is 0 Å². The molecule has 22 heavy (non-hydrogen) atoms. The highest BCUT2D eigenvalue weighted by molar-refractivity contribution is 5.78. The summed E-state index contributed by atoms with van der Waals surface area (Å²) in [6.07, 6.45) is 2.62. The van der Waals surface area contributed by atoms with Crippen LogP contribution in [0.15, 0.2) is 29.3 Å². The molecule has 0 bridgehead atoms. The molecular weight excluding hydrogens is 276 g/mol. The summed E-state index contributed by atoms with van der Waals surface area (Å²) in [5, 5.41) is 0.730. The first kappa shape index (κ1) is 15.2. The average molecular weight is 300 g/mol. The largest absolute Gasteiger partial charge is 0.303 e. The van der Waals surface area contributed by atoms with Gasteiger partial charge in [0.25, 0.3) is 5.56 Å². The van der Waals surface area contributed by atoms with Gasteiger partial charge in [-0.25, -0.2) is 4.98 Å². The summed E-state index contributed by atoms with van der Waals surface area (Å²) in [5.74, 6) is 0. The predicted octanol–water partition coefficient (Wildman–Crippen LogP) is 1.20. The van der Waals surface area contributed by atoms with Crippen LogP contribution in [0.5, 0.6) is 0 Å². The van der Waals surface area contributed by atoms with Gasteiger partial charge in [-0.1, -0.05) is 13.0 Å². The highest BCUT2D eigenvalue weighted by Gasteiger charge is 2.23. The first-order valence-electron chi connectivity index (χ1n) is 7.95. The summed E-state index contributed by atoms with van der Waals surface area (Å²) in [4.78, 5) is 21.9. The minimum Gasteiger partial charge on any atom is -0.303 e. The zero-order valence-electron chi connectivity index (χ0n) is 13.6. The van der Waals surface area contributed by atoms with Crippen molar-refractivity contribution in [3.05, 3.63) is 40.4 Å². The van der Waals surface area contributed by atoms with E-state index in [1.165, 1.54) is 5.56 Å². The molecule has 3 rings (SSSR count). The van der Waals surface area contributed by atoms with Crippen molar-refractivity contribution in [1.82, 2.24) is 19.4 Å². The normalized spacial score (nSPS) is 20.6. The molecule has 1 fully saturated rings. The van der Waals surface area contributed by atoms with Crippen LogP contribution < -0.4 is 5.56 Å². The van der Waals surface area contributed by atoms with E-state index >= 15 is 0 Å². The summed E-state index contributed by atoms with van der Waals surface area (Å²) in [6, 6.07) is 6.33. The number of nitrogens with zero attached hydrogens (tertiary/aromatic N) is 4. The molecule has 1 atom stereocenters. The van der Waals surface area contributed by atoms with Gasteiger partial charge in [0.15, 0.2) is 0 Å². The Morgan fingerprint density at radius 3 is 2.86 bits per heavy atom. The lowest BCUT2D eigenvalue weighted by Crippen LogP contribution is -2.52. The van der Waals surface area contributed by atoms with Crippen molar-refractivity contribution in [1.29, 1.82) is 0 Å². The molecule has 1 aromatic heterocycles. The molecule has 0 spiro atoms. The van der Waals surface area contributed by atoms with Crippen LogP contribution in [0, 0.1) is 0 Å². The topological polar surface area (TPSA) is 41.4 Å². The maximum absolute atomic E-state index is 12.7. The molecule has 2 aromatic rings. The Bertz CT molecular complexity index is 724. The van der Waals surface area contributed by atoms with E-state index in [1.54, 1.807) is 10.9 Å². The Hall–Kier alpha value is -1.72. The molecule has 1 aromatic carbocycles. The van der Waals surface area contributed by atoms with Crippen molar-refractivity contribution in [2.24, 2.45) is 0 Å². The van der Waals surface area contributed by atoms with Gasteiger partial charge in [-0.3, -0.25) is 14.3 Å². The zero-order valence-corrected chi connectivity index (χ0v) is 13.6. The van der Waals surface area contributed by atoms with Crippen molar-refractivity contribution in [2.45, 2.75) is 25.9 Å². The molecule has 5 nitrogen and oxygen atoms in total. The number of fused-ring (bicyclic) bond motifs is 1. The third kappa shape index (κ3) is 2.91. The average Bonchev–Trinajstić information content (AvgIpc) is 2.53. The van der Waals surface area contributed by atoms with Crippen molar-refractivity contribution in [2.75, 3.05) is 33.7 Å². The van der Waals surface area contributed by atoms with Gasteiger partial charge in [-0.15, -0.1) is 0 Å². The number of piperazine rings is 1. The minimum atomic E-state index is 0.0712. The summed E-state index contributed by atoms with van der Waals surface area (Å²) in [6.45, 7) is 5.90. The van der Waals surface area contributed by atoms with E-state index in [2.05, 4.69) is 35.8 Å². The first-order chi connectivity index (χ1) is 10.6. The van der Waals surface area contributed by atoms with E-state index in [1.807, 2.05) is 18.2 Å². The minimum absolute atomic E-state index is 0.0712. The summed E-state index contributed by atoms with van der Waals surface area (Å²) < 4.78 is 1.77. The Morgan fingerprint density at radius 2 is 2.09 bits per heavy atom. The van der Waals surface area contributed by atoms with Crippen LogP contribution in [0.1, 0.15) is 12.5 Å². The molecule has 0 saturated carbocycles. The van der Waals surface area contributed by atoms with E-state index in [-0.39, 0.29) is 5.56 Å². The van der Waals surface area contributed by atoms with E-state index < -0.39 is 0 Å². The van der Waals surface area contributed by atoms with E-state index in [4.69, 9.17) is 0 Å². The highest BCUT2D eigenvalue weighted by atomic mass is 16.1. The number of hydrogen-bond donors (Lipinski definition) is 0. The third-order valence-electron chi connectivity index (χ3n) is 4.68. The number of aromatic nitrogens is 2. The molecule has 5 heteroatoms. The lowest BCUT2D eigenvalue weighted by molar-refractivity contribution is 0.102. The van der Waals surface area contributed by atoms with Crippen LogP contribution >= 0.6 is 0 Å². The maximum Gasteiger partial charge on any atom is 0.261 e. The molecule has 1 aliphatic heterocycles. The fourth-order valence-corrected chi connectivity index (χ4v) is 3.08. The second-order valence-electron chi connectivity index (χ2n) is 6.30. The third-order valence-corrected chi connectivity index (χ3v) is 4.68. The Balaban J connectivity index is 1.93. The number of likely N-dealkylation sites (N-methyl/N-ethyl adjacent to an activating group) is 2. The molecule has 1 saturated heterocycles. The summed E-state index contributed by atoms with van der Waals surface area (Å²) >= 11 is 0. The van der Waals surface area contributed by atoms with Crippen molar-refractivity contribution in [3.63, 3.8) is 0 Å². The van der Waals surface area contributed by atoms with Crippen molar-refractivity contribution < 1.29 is 0 Å². The van der Waals surface area contributed by atoms with Gasteiger partial charge in [-0.2, -0.15) is 0 Å². The van der Waals surface area contributed by atoms with Gasteiger partial charge in [-0.05, 0) is 38.2 Å². The van der Waals surface area contributed by atoms with Gasteiger partial charge in [0.2, 0.25) is 0 Å². The Labute approximate surface area is 131 Å². The van der Waals surface area contributed by atoms with Gasteiger partial charge in [0, 0.05) is 32.2 Å². The van der Waals surface area contributed by atoms with E-state index in [0.29, 0.717) is 12.6 Å². The van der Waals surface area contributed by atoms with Crippen molar-refractivity contribution in [3.8, 4) is 0 Å². The summed E-state index contributed by atoms with van der Waals surface area (Å²) in [5.41, 5.74) is 2.04. The van der Waals surface area contributed by atoms with Gasteiger partial charge >= 0.3 is 0 Å². The number of benzene rings is 1. The van der Waals surface area contributed by atoms with Crippen LogP contribution in [-0.2, 0) is 13.0 Å². The summed E-state index contributed by atoms with van der Waals surface area (Å²) in [7, 11) is 4.27. The highest BCUT2D eigenvalue weighted by Crippen LogP contribution is 2.12. The van der Waals surface area contributed by atoms with Crippen molar-refractivity contribution >= 4 is 10.9 Å². The van der Waals surface area contributed by atoms with E-state index in [9.17, 15) is 4.79 Å². The standard InChI is InChI=1S/C17H24N4O/c1-4-13-5-6-16-15(9-13)17(22)21(12-18-16)11-14-10-19(2)7-8-20(14)3/h5-6,9,12,14H,4,7-8,10-11H2,1-3H3/t14-/m1/s1. The van der Waals surface area contributed by atoms with Gasteiger partial charge in [0.05, 0.1) is 17.2 Å². The number of rotatable bonds is 3. The molecule has 1 aliphatic rings. The number of aryl methyl sites for hydroxylation is 1. The predicted molar refractivity (Wildman–Crippen MR) is 89.3 cm³/mol. The molecule has 0 unspecified atom stereocenters. The smallest absolute Gasteiger partial charge is 0.261 e. The molecule has 0 aliphatic carbocycles. The van der Waals surface area contributed by atoms with Gasteiger partial charge < -0.3 is 4.90 Å². The maximum atomic E-state index is 12.7. The fourth-order valence-electron chi connectivity index (χ4n) is 3.08. The first-order valence-corrected chi connectivity index (χ1v) is 7.95. The zero-order chi connectivity index (χ0) is 15.7. The molecule has 0 radical (unpaired) electrons. The number of hydrogen-bond acceptors (Lipinski definition) is 4. The van der Waals surface area contributed by atoms with Crippen LogP contribution in [0.4, 0.5) is 0 Å². The molecule has 2 heterocycles. The Kier molecular flexibility index (Phi) is 4.27. The van der Waals surface area contributed by atoms with Crippen LogP contribution in [0.2, 0.25) is 0 Å². The van der Waals surface area contributed by atoms with Crippen LogP contribution in [0.25, 0.3) is 10.9 Å². The molecular formula is C17H24N4O.